The lowest BCUT2D eigenvalue weighted by Gasteiger charge is -2.00. The van der Waals surface area contributed by atoms with Gasteiger partial charge in [0.2, 0.25) is 5.24 Å². The van der Waals surface area contributed by atoms with E-state index >= 15 is 0 Å². The molecule has 0 N–H and O–H groups in total. The van der Waals surface area contributed by atoms with Crippen LogP contribution in [0.15, 0.2) is 22.7 Å². The quantitative estimate of drug-likeness (QED) is 0.739. The third kappa shape index (κ3) is 2.29. The molecule has 0 bridgehead atoms. The number of rotatable bonds is 2. The second-order valence-electron chi connectivity index (χ2n) is 2.24. The summed E-state index contributed by atoms with van der Waals surface area (Å²) in [6.07, 6.45) is -0.0766. The Balaban J connectivity index is 3.00. The lowest BCUT2D eigenvalue weighted by atomic mass is 10.1. The van der Waals surface area contributed by atoms with Crippen molar-refractivity contribution in [2.45, 2.75) is 6.42 Å². The average molecular weight is 251 g/mol. The summed E-state index contributed by atoms with van der Waals surface area (Å²) in [5.74, 6) is -0.425. The molecule has 0 amide bonds. The van der Waals surface area contributed by atoms with Crippen molar-refractivity contribution < 1.29 is 9.18 Å². The molecule has 0 aliphatic heterocycles. The smallest absolute Gasteiger partial charge is 0.226 e. The topological polar surface area (TPSA) is 17.1 Å². The van der Waals surface area contributed by atoms with Crippen molar-refractivity contribution in [1.82, 2.24) is 0 Å². The second-order valence-corrected chi connectivity index (χ2v) is 3.52. The molecule has 0 atom stereocenters. The Bertz CT molecular complexity index is 314. The van der Waals surface area contributed by atoms with E-state index in [0.717, 1.165) is 0 Å². The minimum Gasteiger partial charge on any atom is -0.281 e. The second kappa shape index (κ2) is 4.01. The minimum absolute atomic E-state index is 0.0766. The van der Waals surface area contributed by atoms with Gasteiger partial charge >= 0.3 is 0 Å². The highest BCUT2D eigenvalue weighted by atomic mass is 79.9. The third-order valence-corrected chi connectivity index (χ3v) is 2.11. The molecule has 0 saturated heterocycles. The summed E-state index contributed by atoms with van der Waals surface area (Å²) in [7, 11) is 0. The lowest BCUT2D eigenvalue weighted by molar-refractivity contribution is -0.111. The van der Waals surface area contributed by atoms with E-state index in [1.165, 1.54) is 6.07 Å². The van der Waals surface area contributed by atoms with Gasteiger partial charge in [0.1, 0.15) is 5.82 Å². The molecular weight excluding hydrogens is 246 g/mol. The van der Waals surface area contributed by atoms with Gasteiger partial charge in [-0.25, -0.2) is 4.39 Å². The Kier molecular flexibility index (Phi) is 3.23. The molecule has 0 unspecified atom stereocenters. The first-order valence-corrected chi connectivity index (χ1v) is 4.39. The number of hydrogen-bond acceptors (Lipinski definition) is 1. The Morgan fingerprint density at radius 2 is 2.25 bits per heavy atom. The van der Waals surface area contributed by atoms with Crippen LogP contribution in [0.1, 0.15) is 5.56 Å². The summed E-state index contributed by atoms with van der Waals surface area (Å²) >= 11 is 8.12. The van der Waals surface area contributed by atoms with E-state index < -0.39 is 11.1 Å². The molecule has 0 aliphatic carbocycles. The van der Waals surface area contributed by atoms with Gasteiger partial charge in [-0.2, -0.15) is 0 Å². The molecule has 1 rings (SSSR count). The molecule has 0 saturated carbocycles. The van der Waals surface area contributed by atoms with Gasteiger partial charge in [-0.05, 0) is 39.2 Å². The maximum Gasteiger partial charge on any atom is 0.226 e. The van der Waals surface area contributed by atoms with Gasteiger partial charge in [0.25, 0.3) is 0 Å². The van der Waals surface area contributed by atoms with Gasteiger partial charge in [-0.1, -0.05) is 12.1 Å². The summed E-state index contributed by atoms with van der Waals surface area (Å²) in [5, 5.41) is -0.563. The Morgan fingerprint density at radius 1 is 1.58 bits per heavy atom. The predicted molar refractivity (Wildman–Crippen MR) is 48.7 cm³/mol. The van der Waals surface area contributed by atoms with E-state index in [2.05, 4.69) is 15.9 Å². The van der Waals surface area contributed by atoms with Gasteiger partial charge in [0.05, 0.1) is 4.47 Å². The number of halogens is 3. The normalized spacial score (nSPS) is 9.92. The number of benzene rings is 1. The first kappa shape index (κ1) is 9.68. The van der Waals surface area contributed by atoms with E-state index in [1.807, 2.05) is 0 Å². The average Bonchev–Trinajstić information content (AvgIpc) is 1.98. The van der Waals surface area contributed by atoms with Crippen molar-refractivity contribution >= 4 is 32.8 Å². The molecule has 0 fully saturated rings. The number of carbonyl (C=O) groups is 1. The summed E-state index contributed by atoms with van der Waals surface area (Å²) < 4.78 is 13.4. The highest BCUT2D eigenvalue weighted by Crippen LogP contribution is 2.19. The van der Waals surface area contributed by atoms with Crippen LogP contribution in [0.4, 0.5) is 4.39 Å². The molecule has 0 aliphatic rings. The van der Waals surface area contributed by atoms with Crippen LogP contribution in [0.25, 0.3) is 0 Å². The summed E-state index contributed by atoms with van der Waals surface area (Å²) in [4.78, 5) is 10.5. The Morgan fingerprint density at radius 3 is 2.83 bits per heavy atom. The molecular formula is C8H5BrClFO. The molecule has 64 valence electrons. The van der Waals surface area contributed by atoms with Crippen LogP contribution in [0.2, 0.25) is 0 Å². The third-order valence-electron chi connectivity index (χ3n) is 1.36. The highest BCUT2D eigenvalue weighted by Gasteiger charge is 2.07. The molecule has 0 spiro atoms. The van der Waals surface area contributed by atoms with Crippen LogP contribution in [0.3, 0.4) is 0 Å². The van der Waals surface area contributed by atoms with Crippen molar-refractivity contribution in [3.63, 3.8) is 0 Å². The zero-order chi connectivity index (χ0) is 9.14. The molecule has 1 nitrogen and oxygen atoms in total. The largest absolute Gasteiger partial charge is 0.281 e. The van der Waals surface area contributed by atoms with Crippen molar-refractivity contribution in [2.24, 2.45) is 0 Å². The van der Waals surface area contributed by atoms with Crippen molar-refractivity contribution in [3.05, 3.63) is 34.1 Å². The monoisotopic (exact) mass is 250 g/mol. The molecule has 0 aromatic heterocycles. The fourth-order valence-electron chi connectivity index (χ4n) is 0.835. The van der Waals surface area contributed by atoms with Crippen LogP contribution >= 0.6 is 27.5 Å². The van der Waals surface area contributed by atoms with Crippen LogP contribution in [-0.2, 0) is 11.2 Å². The fourth-order valence-corrected chi connectivity index (χ4v) is 1.39. The standard InChI is InChI=1S/C8H5BrClFO/c9-6-3-1-2-5(8(6)11)4-7(10)12/h1-3H,4H2. The maximum atomic E-state index is 13.1. The van der Waals surface area contributed by atoms with Crippen molar-refractivity contribution in [3.8, 4) is 0 Å². The minimum atomic E-state index is -0.563. The van der Waals surface area contributed by atoms with E-state index in [-0.39, 0.29) is 6.42 Å². The molecule has 1 aromatic carbocycles. The van der Waals surface area contributed by atoms with E-state index in [4.69, 9.17) is 11.6 Å². The van der Waals surface area contributed by atoms with Crippen LogP contribution in [0, 0.1) is 5.82 Å². The molecule has 1 aromatic rings. The van der Waals surface area contributed by atoms with Gasteiger partial charge in [0, 0.05) is 6.42 Å². The zero-order valence-corrected chi connectivity index (χ0v) is 8.32. The van der Waals surface area contributed by atoms with E-state index in [0.29, 0.717) is 10.0 Å². The van der Waals surface area contributed by atoms with E-state index in [9.17, 15) is 9.18 Å². The van der Waals surface area contributed by atoms with Crippen molar-refractivity contribution in [2.75, 3.05) is 0 Å². The first-order valence-electron chi connectivity index (χ1n) is 3.22. The van der Waals surface area contributed by atoms with Gasteiger partial charge in [0.15, 0.2) is 0 Å². The SMILES string of the molecule is O=C(Cl)Cc1cccc(Br)c1F. The molecule has 12 heavy (non-hydrogen) atoms. The fraction of sp³-hybridized carbons (Fsp3) is 0.125. The van der Waals surface area contributed by atoms with Crippen LogP contribution in [0.5, 0.6) is 0 Å². The Labute approximate surface area is 82.7 Å². The molecule has 0 radical (unpaired) electrons. The summed E-state index contributed by atoms with van der Waals surface area (Å²) in [6, 6.07) is 4.75. The summed E-state index contributed by atoms with van der Waals surface area (Å²) in [5.41, 5.74) is 0.310. The highest BCUT2D eigenvalue weighted by molar-refractivity contribution is 9.10. The van der Waals surface area contributed by atoms with Gasteiger partial charge < -0.3 is 0 Å². The van der Waals surface area contributed by atoms with Gasteiger partial charge in [-0.15, -0.1) is 0 Å². The first-order chi connectivity index (χ1) is 5.61. The van der Waals surface area contributed by atoms with E-state index in [1.54, 1.807) is 12.1 Å². The molecule has 0 heterocycles. The Hall–Kier alpha value is -0.410. The van der Waals surface area contributed by atoms with Crippen molar-refractivity contribution in [1.29, 1.82) is 0 Å². The van der Waals surface area contributed by atoms with Gasteiger partial charge in [-0.3, -0.25) is 4.79 Å². The van der Waals surface area contributed by atoms with Crippen LogP contribution < -0.4 is 0 Å². The molecule has 4 heteroatoms. The maximum absolute atomic E-state index is 13.1. The number of carbonyl (C=O) groups excluding carboxylic acids is 1. The lowest BCUT2D eigenvalue weighted by Crippen LogP contribution is -1.97. The zero-order valence-electron chi connectivity index (χ0n) is 5.98. The van der Waals surface area contributed by atoms with Crippen LogP contribution in [-0.4, -0.2) is 5.24 Å². The predicted octanol–water partition coefficient (Wildman–Crippen LogP) is 2.90. The summed E-state index contributed by atoms with van der Waals surface area (Å²) in [6.45, 7) is 0. The number of hydrogen-bond donors (Lipinski definition) is 0.